The fraction of sp³-hybridized carbons (Fsp3) is 0.167. The Morgan fingerprint density at radius 3 is 2.59 bits per heavy atom. The second-order valence-corrected chi connectivity index (χ2v) is 7.14. The van der Waals surface area contributed by atoms with Gasteiger partial charge in [-0.15, -0.1) is 10.2 Å². The van der Waals surface area contributed by atoms with Crippen molar-refractivity contribution in [2.45, 2.75) is 12.6 Å². The Hall–Kier alpha value is -2.28. The summed E-state index contributed by atoms with van der Waals surface area (Å²) in [7, 11) is 0. The van der Waals surface area contributed by atoms with Crippen LogP contribution < -0.4 is 4.74 Å². The third-order valence-electron chi connectivity index (χ3n) is 4.13. The first-order chi connectivity index (χ1) is 13.1. The van der Waals surface area contributed by atoms with Crippen molar-refractivity contribution in [2.75, 3.05) is 6.61 Å². The lowest BCUT2D eigenvalue weighted by molar-refractivity contribution is 0.127. The summed E-state index contributed by atoms with van der Waals surface area (Å²) in [5, 5.41) is 13.8. The largest absolute Gasteiger partial charge is 0.490 e. The quantitative estimate of drug-likeness (QED) is 0.566. The van der Waals surface area contributed by atoms with Gasteiger partial charge in [-0.05, 0) is 30.3 Å². The number of rotatable bonds is 4. The van der Waals surface area contributed by atoms with Crippen molar-refractivity contribution in [3.63, 3.8) is 0 Å². The third-order valence-corrected chi connectivity index (χ3v) is 4.95. The number of fused-ring (bicyclic) bond motifs is 1. The predicted molar refractivity (Wildman–Crippen MR) is 104 cm³/mol. The van der Waals surface area contributed by atoms with Gasteiger partial charge in [-0.1, -0.05) is 46.0 Å². The van der Waals surface area contributed by atoms with Crippen LogP contribution in [0.4, 0.5) is 0 Å². The molecule has 0 bridgehead atoms. The highest BCUT2D eigenvalue weighted by Crippen LogP contribution is 2.32. The van der Waals surface area contributed by atoms with E-state index < -0.39 is 0 Å². The maximum Gasteiger partial charge on any atom is 0.143 e. The molecule has 138 valence electrons. The van der Waals surface area contributed by atoms with Gasteiger partial charge in [0, 0.05) is 26.2 Å². The summed E-state index contributed by atoms with van der Waals surface area (Å²) in [6.45, 7) is 0.563. The molecule has 3 aromatic rings. The van der Waals surface area contributed by atoms with Crippen LogP contribution in [-0.2, 0) is 11.4 Å². The first kappa shape index (κ1) is 18.1. The number of ether oxygens (including phenoxy) is 1. The molecule has 2 heterocycles. The van der Waals surface area contributed by atoms with Crippen LogP contribution in [0.3, 0.4) is 0 Å². The molecule has 0 aliphatic carbocycles. The topological polar surface area (TPSA) is 61.5 Å². The molecule has 0 saturated carbocycles. The van der Waals surface area contributed by atoms with Gasteiger partial charge in [0.15, 0.2) is 0 Å². The summed E-state index contributed by atoms with van der Waals surface area (Å²) in [5.74, 6) is 0.652. The molecule has 0 N–H and O–H groups in total. The van der Waals surface area contributed by atoms with Crippen molar-refractivity contribution in [3.05, 3.63) is 75.2 Å². The van der Waals surface area contributed by atoms with Crippen LogP contribution in [0.5, 0.6) is 5.75 Å². The van der Waals surface area contributed by atoms with Crippen molar-refractivity contribution in [1.29, 1.82) is 0 Å². The van der Waals surface area contributed by atoms with Crippen LogP contribution in [0.15, 0.2) is 54.2 Å². The molecule has 6 nitrogen and oxygen atoms in total. The number of aromatic nitrogens is 3. The lowest BCUT2D eigenvalue weighted by atomic mass is 10.00. The van der Waals surface area contributed by atoms with Gasteiger partial charge in [0.2, 0.25) is 0 Å². The van der Waals surface area contributed by atoms with Gasteiger partial charge in [0.05, 0.1) is 0 Å². The summed E-state index contributed by atoms with van der Waals surface area (Å²) in [4.78, 5) is 5.61. The smallest absolute Gasteiger partial charge is 0.143 e. The second-order valence-electron chi connectivity index (χ2n) is 5.86. The average Bonchev–Trinajstić information content (AvgIpc) is 3.17. The van der Waals surface area contributed by atoms with E-state index in [0.29, 0.717) is 33.1 Å². The van der Waals surface area contributed by atoms with Crippen molar-refractivity contribution in [3.8, 4) is 5.75 Å². The van der Waals surface area contributed by atoms with Gasteiger partial charge in [-0.2, -0.15) is 0 Å². The van der Waals surface area contributed by atoms with Gasteiger partial charge in [0.25, 0.3) is 0 Å². The zero-order valence-corrected chi connectivity index (χ0v) is 16.1. The molecule has 0 radical (unpaired) electrons. The van der Waals surface area contributed by atoms with Crippen LogP contribution >= 0.6 is 34.8 Å². The lowest BCUT2D eigenvalue weighted by Gasteiger charge is -2.27. The molecular weight excluding hydrogens is 411 g/mol. The highest BCUT2D eigenvalue weighted by molar-refractivity contribution is 6.35. The lowest BCUT2D eigenvalue weighted by Crippen LogP contribution is -2.31. The molecule has 1 aliphatic heterocycles. The van der Waals surface area contributed by atoms with Gasteiger partial charge in [-0.25, -0.2) is 0 Å². The van der Waals surface area contributed by atoms with E-state index in [1.165, 1.54) is 0 Å². The SMILES string of the molecule is Clc1ccc(CO/N=C2/c3ccc(Cl)cc3OCC2n2cnnc2)c(Cl)c1. The summed E-state index contributed by atoms with van der Waals surface area (Å²) in [6.07, 6.45) is 3.22. The number of nitrogens with zero attached hydrogens (tertiary/aromatic N) is 4. The van der Waals surface area contributed by atoms with Crippen LogP contribution in [0, 0.1) is 0 Å². The van der Waals surface area contributed by atoms with E-state index in [-0.39, 0.29) is 12.6 Å². The zero-order valence-electron chi connectivity index (χ0n) is 13.8. The number of hydrogen-bond donors (Lipinski definition) is 0. The molecule has 0 spiro atoms. The van der Waals surface area contributed by atoms with E-state index in [1.54, 1.807) is 43.0 Å². The Kier molecular flexibility index (Phi) is 5.20. The van der Waals surface area contributed by atoms with Gasteiger partial charge < -0.3 is 14.1 Å². The molecule has 1 aliphatic rings. The predicted octanol–water partition coefficient (Wildman–Crippen LogP) is 4.79. The normalized spacial score (nSPS) is 17.4. The molecular formula is C18H13Cl3N4O2. The van der Waals surface area contributed by atoms with Crippen molar-refractivity contribution >= 4 is 40.5 Å². The second kappa shape index (κ2) is 7.76. The van der Waals surface area contributed by atoms with E-state index in [1.807, 2.05) is 10.6 Å². The number of hydrogen-bond acceptors (Lipinski definition) is 5. The van der Waals surface area contributed by atoms with Gasteiger partial charge >= 0.3 is 0 Å². The molecule has 1 atom stereocenters. The Morgan fingerprint density at radius 1 is 1.07 bits per heavy atom. The van der Waals surface area contributed by atoms with E-state index in [9.17, 15) is 0 Å². The molecule has 27 heavy (non-hydrogen) atoms. The van der Waals surface area contributed by atoms with E-state index in [4.69, 9.17) is 44.4 Å². The summed E-state index contributed by atoms with van der Waals surface area (Å²) in [5.41, 5.74) is 2.28. The van der Waals surface area contributed by atoms with Crippen LogP contribution in [0.1, 0.15) is 17.2 Å². The number of oxime groups is 1. The standard InChI is InChI=1S/C18H13Cl3N4O2/c19-12-2-1-11(15(21)5-12)7-27-24-18-14-4-3-13(20)6-17(14)26-8-16(18)25-9-22-23-10-25/h1-6,9-10,16H,7-8H2/b24-18-. The molecule has 0 fully saturated rings. The van der Waals surface area contributed by atoms with Gasteiger partial charge in [0.1, 0.15) is 43.4 Å². The Bertz CT molecular complexity index is 992. The maximum absolute atomic E-state index is 6.19. The molecule has 1 unspecified atom stereocenters. The van der Waals surface area contributed by atoms with Crippen molar-refractivity contribution < 1.29 is 9.57 Å². The van der Waals surface area contributed by atoms with E-state index >= 15 is 0 Å². The first-order valence-electron chi connectivity index (χ1n) is 8.02. The summed E-state index contributed by atoms with van der Waals surface area (Å²) < 4.78 is 7.65. The van der Waals surface area contributed by atoms with Crippen LogP contribution in [-0.4, -0.2) is 27.1 Å². The molecule has 0 amide bonds. The Balaban J connectivity index is 1.64. The number of benzene rings is 2. The first-order valence-corrected chi connectivity index (χ1v) is 9.16. The zero-order chi connectivity index (χ0) is 18.8. The van der Waals surface area contributed by atoms with Crippen molar-refractivity contribution in [2.24, 2.45) is 5.16 Å². The summed E-state index contributed by atoms with van der Waals surface area (Å²) >= 11 is 18.2. The summed E-state index contributed by atoms with van der Waals surface area (Å²) in [6, 6.07) is 10.4. The number of halogens is 3. The van der Waals surface area contributed by atoms with E-state index in [0.717, 1.165) is 11.1 Å². The molecule has 0 saturated heterocycles. The highest BCUT2D eigenvalue weighted by Gasteiger charge is 2.29. The fourth-order valence-electron chi connectivity index (χ4n) is 2.77. The minimum Gasteiger partial charge on any atom is -0.490 e. The monoisotopic (exact) mass is 422 g/mol. The van der Waals surface area contributed by atoms with E-state index in [2.05, 4.69) is 15.4 Å². The Labute approximate surface area is 170 Å². The average molecular weight is 424 g/mol. The minimum atomic E-state index is -0.227. The van der Waals surface area contributed by atoms with Crippen molar-refractivity contribution in [1.82, 2.24) is 14.8 Å². The fourth-order valence-corrected chi connectivity index (χ4v) is 3.40. The third kappa shape index (κ3) is 3.88. The van der Waals surface area contributed by atoms with Crippen LogP contribution in [0.25, 0.3) is 0 Å². The molecule has 4 rings (SSSR count). The Morgan fingerprint density at radius 2 is 1.81 bits per heavy atom. The minimum absolute atomic E-state index is 0.207. The molecule has 2 aromatic carbocycles. The van der Waals surface area contributed by atoms with Crippen LogP contribution in [0.2, 0.25) is 15.1 Å². The van der Waals surface area contributed by atoms with Gasteiger partial charge in [-0.3, -0.25) is 0 Å². The molecule has 1 aromatic heterocycles. The maximum atomic E-state index is 6.19. The highest BCUT2D eigenvalue weighted by atomic mass is 35.5. The molecule has 9 heteroatoms.